The molecule has 1 aliphatic rings. The Hall–Kier alpha value is -3.92. The van der Waals surface area contributed by atoms with Crippen molar-refractivity contribution in [1.82, 2.24) is 5.16 Å². The standard InChI is InChI=1S/C23H21ClN4O6/c1-2-33-23(30)19-20(14-5-8-16(24)9-6-14)26-34-22(19)25-21(29)15-7-10-17(18(13-15)28(31)32)27-11-3-4-12-27/h5-10,13H,2-4,11-12H2,1H3,(H,25,29). The lowest BCUT2D eigenvalue weighted by Crippen LogP contribution is -2.20. The van der Waals surface area contributed by atoms with Crippen molar-refractivity contribution in [3.05, 3.63) is 68.7 Å². The Kier molecular flexibility index (Phi) is 6.78. The summed E-state index contributed by atoms with van der Waals surface area (Å²) in [6.07, 6.45) is 1.91. The zero-order valence-corrected chi connectivity index (χ0v) is 19.0. The molecular weight excluding hydrogens is 464 g/mol. The van der Waals surface area contributed by atoms with E-state index in [-0.39, 0.29) is 35.0 Å². The third kappa shape index (κ3) is 4.72. The minimum absolute atomic E-state index is 0.0360. The molecule has 0 saturated carbocycles. The van der Waals surface area contributed by atoms with Crippen molar-refractivity contribution < 1.29 is 23.8 Å². The van der Waals surface area contributed by atoms with Gasteiger partial charge >= 0.3 is 5.97 Å². The Morgan fingerprint density at radius 3 is 2.56 bits per heavy atom. The van der Waals surface area contributed by atoms with Gasteiger partial charge in [0.2, 0.25) is 5.88 Å². The minimum Gasteiger partial charge on any atom is -0.462 e. The third-order valence-electron chi connectivity index (χ3n) is 5.40. The molecule has 11 heteroatoms. The number of hydrogen-bond donors (Lipinski definition) is 1. The second-order valence-electron chi connectivity index (χ2n) is 7.57. The fourth-order valence-corrected chi connectivity index (χ4v) is 3.91. The number of carbonyl (C=O) groups excluding carboxylic acids is 2. The van der Waals surface area contributed by atoms with Crippen LogP contribution in [0, 0.1) is 10.1 Å². The molecule has 1 fully saturated rings. The number of amides is 1. The van der Waals surface area contributed by atoms with E-state index in [1.165, 1.54) is 12.1 Å². The molecule has 0 radical (unpaired) electrons. The summed E-state index contributed by atoms with van der Waals surface area (Å²) in [4.78, 5) is 38.7. The van der Waals surface area contributed by atoms with Gasteiger partial charge < -0.3 is 14.2 Å². The Morgan fingerprint density at radius 2 is 1.91 bits per heavy atom. The molecule has 2 heterocycles. The van der Waals surface area contributed by atoms with Crippen LogP contribution in [0.4, 0.5) is 17.3 Å². The van der Waals surface area contributed by atoms with Crippen molar-refractivity contribution in [2.75, 3.05) is 29.9 Å². The zero-order chi connectivity index (χ0) is 24.2. The fourth-order valence-electron chi connectivity index (χ4n) is 3.78. The second kappa shape index (κ2) is 9.92. The van der Waals surface area contributed by atoms with Crippen LogP contribution in [0.2, 0.25) is 5.02 Å². The van der Waals surface area contributed by atoms with Gasteiger partial charge in [0.05, 0.1) is 11.5 Å². The number of rotatable bonds is 7. The molecule has 34 heavy (non-hydrogen) atoms. The predicted octanol–water partition coefficient (Wildman–Crippen LogP) is 4.93. The van der Waals surface area contributed by atoms with Gasteiger partial charge in [0.1, 0.15) is 11.4 Å². The summed E-state index contributed by atoms with van der Waals surface area (Å²) in [6.45, 7) is 3.19. The first kappa shape index (κ1) is 23.2. The van der Waals surface area contributed by atoms with Crippen molar-refractivity contribution in [1.29, 1.82) is 0 Å². The SMILES string of the molecule is CCOC(=O)c1c(-c2ccc(Cl)cc2)noc1NC(=O)c1ccc(N2CCCC2)c([N+](=O)[O-])c1. The number of halogens is 1. The number of esters is 1. The van der Waals surface area contributed by atoms with Gasteiger partial charge in [-0.3, -0.25) is 20.2 Å². The highest BCUT2D eigenvalue weighted by Gasteiger charge is 2.28. The number of nitrogens with one attached hydrogen (secondary N) is 1. The molecular formula is C23H21ClN4O6. The molecule has 0 unspecified atom stereocenters. The molecule has 1 N–H and O–H groups in total. The van der Waals surface area contributed by atoms with Gasteiger partial charge in [-0.05, 0) is 44.0 Å². The smallest absolute Gasteiger partial charge is 0.346 e. The predicted molar refractivity (Wildman–Crippen MR) is 125 cm³/mol. The lowest BCUT2D eigenvalue weighted by atomic mass is 10.1. The molecule has 0 spiro atoms. The van der Waals surface area contributed by atoms with Crippen molar-refractivity contribution in [3.8, 4) is 11.3 Å². The third-order valence-corrected chi connectivity index (χ3v) is 5.65. The quantitative estimate of drug-likeness (QED) is 0.284. The topological polar surface area (TPSA) is 128 Å². The minimum atomic E-state index is -0.737. The van der Waals surface area contributed by atoms with E-state index in [1.54, 1.807) is 37.3 Å². The molecule has 2 aromatic carbocycles. The van der Waals surface area contributed by atoms with E-state index < -0.39 is 16.8 Å². The highest BCUT2D eigenvalue weighted by Crippen LogP contribution is 2.33. The molecule has 0 bridgehead atoms. The van der Waals surface area contributed by atoms with Gasteiger partial charge in [-0.1, -0.05) is 28.9 Å². The van der Waals surface area contributed by atoms with E-state index in [1.807, 2.05) is 4.90 Å². The van der Waals surface area contributed by atoms with Gasteiger partial charge in [-0.2, -0.15) is 0 Å². The summed E-state index contributed by atoms with van der Waals surface area (Å²) in [6, 6.07) is 10.8. The van der Waals surface area contributed by atoms with Crippen LogP contribution < -0.4 is 10.2 Å². The number of aromatic nitrogens is 1. The van der Waals surface area contributed by atoms with Crippen LogP contribution in [-0.4, -0.2) is 41.7 Å². The first-order valence-corrected chi connectivity index (χ1v) is 11.0. The maximum absolute atomic E-state index is 12.9. The lowest BCUT2D eigenvalue weighted by molar-refractivity contribution is -0.384. The summed E-state index contributed by atoms with van der Waals surface area (Å²) in [5.74, 6) is -1.65. The molecule has 3 aromatic rings. The average Bonchev–Trinajstić information content (AvgIpc) is 3.50. The van der Waals surface area contributed by atoms with E-state index in [4.69, 9.17) is 20.9 Å². The summed E-state index contributed by atoms with van der Waals surface area (Å²) in [5, 5.41) is 18.6. The molecule has 1 saturated heterocycles. The van der Waals surface area contributed by atoms with Crippen LogP contribution in [0.25, 0.3) is 11.3 Å². The van der Waals surface area contributed by atoms with E-state index in [0.717, 1.165) is 25.9 Å². The Morgan fingerprint density at radius 1 is 1.21 bits per heavy atom. The molecule has 1 amide bonds. The lowest BCUT2D eigenvalue weighted by Gasteiger charge is -2.17. The van der Waals surface area contributed by atoms with E-state index >= 15 is 0 Å². The molecule has 10 nitrogen and oxygen atoms in total. The van der Waals surface area contributed by atoms with Gasteiger partial charge in [-0.15, -0.1) is 0 Å². The molecule has 0 aliphatic carbocycles. The van der Waals surface area contributed by atoms with Crippen LogP contribution in [0.5, 0.6) is 0 Å². The van der Waals surface area contributed by atoms with Gasteiger partial charge in [0.15, 0.2) is 5.56 Å². The average molecular weight is 485 g/mol. The number of ether oxygens (including phenoxy) is 1. The number of benzene rings is 2. The van der Waals surface area contributed by atoms with Crippen LogP contribution >= 0.6 is 11.6 Å². The van der Waals surface area contributed by atoms with Crippen molar-refractivity contribution in [2.45, 2.75) is 19.8 Å². The zero-order valence-electron chi connectivity index (χ0n) is 18.2. The monoisotopic (exact) mass is 484 g/mol. The Balaban J connectivity index is 1.66. The molecule has 176 valence electrons. The van der Waals surface area contributed by atoms with Gasteiger partial charge in [0.25, 0.3) is 11.6 Å². The van der Waals surface area contributed by atoms with Crippen molar-refractivity contribution in [2.24, 2.45) is 0 Å². The maximum atomic E-state index is 12.9. The summed E-state index contributed by atoms with van der Waals surface area (Å²) in [7, 11) is 0. The normalized spacial score (nSPS) is 13.1. The van der Waals surface area contributed by atoms with E-state index in [0.29, 0.717) is 16.3 Å². The largest absolute Gasteiger partial charge is 0.462 e. The first-order valence-electron chi connectivity index (χ1n) is 10.7. The van der Waals surface area contributed by atoms with E-state index in [9.17, 15) is 19.7 Å². The number of hydrogen-bond acceptors (Lipinski definition) is 8. The highest BCUT2D eigenvalue weighted by atomic mass is 35.5. The fraction of sp³-hybridized carbons (Fsp3) is 0.261. The maximum Gasteiger partial charge on any atom is 0.346 e. The summed E-state index contributed by atoms with van der Waals surface area (Å²) in [5.41, 5.74) is 0.966. The van der Waals surface area contributed by atoms with Crippen molar-refractivity contribution in [3.63, 3.8) is 0 Å². The number of nitro benzene ring substituents is 1. The highest BCUT2D eigenvalue weighted by molar-refractivity contribution is 6.30. The molecule has 1 aromatic heterocycles. The van der Waals surface area contributed by atoms with E-state index in [2.05, 4.69) is 10.5 Å². The molecule has 1 aliphatic heterocycles. The molecule has 0 atom stereocenters. The van der Waals surface area contributed by atoms with Crippen LogP contribution in [0.3, 0.4) is 0 Å². The van der Waals surface area contributed by atoms with Gasteiger partial charge in [0, 0.05) is 35.3 Å². The summed E-state index contributed by atoms with van der Waals surface area (Å²) >= 11 is 5.94. The van der Waals surface area contributed by atoms with Crippen LogP contribution in [0.15, 0.2) is 47.0 Å². The molecule has 4 rings (SSSR count). The number of nitrogens with zero attached hydrogens (tertiary/aromatic N) is 3. The number of carbonyl (C=O) groups is 2. The van der Waals surface area contributed by atoms with Crippen molar-refractivity contribution >= 4 is 40.7 Å². The second-order valence-corrected chi connectivity index (χ2v) is 8.01. The Bertz CT molecular complexity index is 1230. The number of anilines is 2. The van der Waals surface area contributed by atoms with Crippen LogP contribution in [0.1, 0.15) is 40.5 Å². The number of nitro groups is 1. The first-order chi connectivity index (χ1) is 16.4. The Labute approximate surface area is 199 Å². The van der Waals surface area contributed by atoms with Gasteiger partial charge in [-0.25, -0.2) is 4.79 Å². The summed E-state index contributed by atoms with van der Waals surface area (Å²) < 4.78 is 10.4. The van der Waals surface area contributed by atoms with Crippen LogP contribution in [-0.2, 0) is 4.74 Å².